The smallest absolute Gasteiger partial charge is 0.356 e. The van der Waals surface area contributed by atoms with Gasteiger partial charge in [-0.3, -0.25) is 0 Å². The highest BCUT2D eigenvalue weighted by Crippen LogP contribution is 2.25. The molecule has 4 heteroatoms. The summed E-state index contributed by atoms with van der Waals surface area (Å²) in [5.41, 5.74) is 2.90. The summed E-state index contributed by atoms with van der Waals surface area (Å²) in [5.74, 6) is -1.07. The maximum Gasteiger partial charge on any atom is 0.356 e. The van der Waals surface area contributed by atoms with Crippen molar-refractivity contribution in [2.45, 2.75) is 26.2 Å². The Labute approximate surface area is 112 Å². The van der Waals surface area contributed by atoms with E-state index in [0.29, 0.717) is 5.69 Å². The fourth-order valence-electron chi connectivity index (χ4n) is 1.74. The molecule has 98 valence electrons. The Balaban J connectivity index is 2.30. The van der Waals surface area contributed by atoms with Crippen molar-refractivity contribution < 1.29 is 9.90 Å². The topological polar surface area (TPSA) is 63.1 Å². The van der Waals surface area contributed by atoms with Gasteiger partial charge in [-0.15, -0.1) is 10.2 Å². The number of carbonyl (C=O) groups is 1. The van der Waals surface area contributed by atoms with E-state index in [1.165, 1.54) is 11.6 Å². The van der Waals surface area contributed by atoms with Crippen LogP contribution in [0.1, 0.15) is 36.8 Å². The molecular weight excluding hydrogens is 240 g/mol. The molecule has 0 aliphatic carbocycles. The normalized spacial score (nSPS) is 11.3. The summed E-state index contributed by atoms with van der Waals surface area (Å²) in [4.78, 5) is 10.7. The van der Waals surface area contributed by atoms with Gasteiger partial charge in [0.2, 0.25) is 0 Å². The van der Waals surface area contributed by atoms with Gasteiger partial charge in [0, 0.05) is 5.56 Å². The molecule has 0 fully saturated rings. The number of benzene rings is 1. The lowest BCUT2D eigenvalue weighted by molar-refractivity contribution is 0.0689. The molecule has 1 heterocycles. The van der Waals surface area contributed by atoms with Gasteiger partial charge >= 0.3 is 5.97 Å². The standard InChI is InChI=1S/C15H16N2O2/c1-15(2,3)11-6-4-10(5-7-11)12-8-9-13(14(18)19)17-16-12/h4-9H,1-3H3,(H,18,19). The minimum Gasteiger partial charge on any atom is -0.476 e. The zero-order valence-electron chi connectivity index (χ0n) is 11.2. The predicted octanol–water partition coefficient (Wildman–Crippen LogP) is 3.14. The molecule has 0 radical (unpaired) electrons. The highest BCUT2D eigenvalue weighted by Gasteiger charge is 2.13. The minimum atomic E-state index is -1.07. The van der Waals surface area contributed by atoms with Crippen LogP contribution < -0.4 is 0 Å². The molecule has 0 saturated carbocycles. The Kier molecular flexibility index (Phi) is 3.34. The number of aromatic nitrogens is 2. The zero-order chi connectivity index (χ0) is 14.0. The molecule has 0 bridgehead atoms. The van der Waals surface area contributed by atoms with Crippen molar-refractivity contribution in [3.05, 3.63) is 47.7 Å². The first-order valence-corrected chi connectivity index (χ1v) is 6.06. The second-order valence-electron chi connectivity index (χ2n) is 5.44. The van der Waals surface area contributed by atoms with Crippen molar-refractivity contribution in [2.24, 2.45) is 0 Å². The molecule has 0 amide bonds. The Morgan fingerprint density at radius 3 is 2.05 bits per heavy atom. The van der Waals surface area contributed by atoms with E-state index in [1.54, 1.807) is 6.07 Å². The molecule has 2 rings (SSSR count). The maximum atomic E-state index is 10.7. The highest BCUT2D eigenvalue weighted by atomic mass is 16.4. The number of hydrogen-bond donors (Lipinski definition) is 1. The lowest BCUT2D eigenvalue weighted by Crippen LogP contribution is -2.10. The Bertz CT molecular complexity index is 581. The Morgan fingerprint density at radius 2 is 1.63 bits per heavy atom. The van der Waals surface area contributed by atoms with E-state index >= 15 is 0 Å². The van der Waals surface area contributed by atoms with E-state index in [4.69, 9.17) is 5.11 Å². The quantitative estimate of drug-likeness (QED) is 0.896. The van der Waals surface area contributed by atoms with Gasteiger partial charge in [0.25, 0.3) is 0 Å². The van der Waals surface area contributed by atoms with Crippen LogP contribution in [0.25, 0.3) is 11.3 Å². The largest absolute Gasteiger partial charge is 0.476 e. The van der Waals surface area contributed by atoms with Crippen LogP contribution >= 0.6 is 0 Å². The van der Waals surface area contributed by atoms with Crippen molar-refractivity contribution in [1.29, 1.82) is 0 Å². The van der Waals surface area contributed by atoms with Crippen LogP contribution in [0.3, 0.4) is 0 Å². The van der Waals surface area contributed by atoms with E-state index in [9.17, 15) is 4.79 Å². The molecular formula is C15H16N2O2. The lowest BCUT2D eigenvalue weighted by Gasteiger charge is -2.19. The summed E-state index contributed by atoms with van der Waals surface area (Å²) in [6.07, 6.45) is 0. The number of carboxylic acids is 1. The number of rotatable bonds is 2. The molecule has 0 atom stereocenters. The summed E-state index contributed by atoms with van der Waals surface area (Å²) in [7, 11) is 0. The average Bonchev–Trinajstić information content (AvgIpc) is 2.38. The van der Waals surface area contributed by atoms with Crippen molar-refractivity contribution in [3.8, 4) is 11.3 Å². The van der Waals surface area contributed by atoms with Gasteiger partial charge in [0.1, 0.15) is 0 Å². The molecule has 0 saturated heterocycles. The Hall–Kier alpha value is -2.23. The van der Waals surface area contributed by atoms with Crippen LogP contribution in [0.15, 0.2) is 36.4 Å². The summed E-state index contributed by atoms with van der Waals surface area (Å²) >= 11 is 0. The molecule has 1 aromatic heterocycles. The third-order valence-electron chi connectivity index (χ3n) is 2.93. The van der Waals surface area contributed by atoms with Crippen molar-refractivity contribution in [1.82, 2.24) is 10.2 Å². The maximum absolute atomic E-state index is 10.7. The van der Waals surface area contributed by atoms with E-state index in [2.05, 4.69) is 43.1 Å². The van der Waals surface area contributed by atoms with Gasteiger partial charge in [-0.2, -0.15) is 0 Å². The van der Waals surface area contributed by atoms with Gasteiger partial charge in [-0.1, -0.05) is 45.0 Å². The monoisotopic (exact) mass is 256 g/mol. The van der Waals surface area contributed by atoms with Crippen molar-refractivity contribution in [2.75, 3.05) is 0 Å². The number of hydrogen-bond acceptors (Lipinski definition) is 3. The summed E-state index contributed by atoms with van der Waals surface area (Å²) < 4.78 is 0. The molecule has 0 aliphatic rings. The third-order valence-corrected chi connectivity index (χ3v) is 2.93. The molecule has 19 heavy (non-hydrogen) atoms. The SMILES string of the molecule is CC(C)(C)c1ccc(-c2ccc(C(=O)O)nn2)cc1. The van der Waals surface area contributed by atoms with Gasteiger partial charge in [0.05, 0.1) is 5.69 Å². The van der Waals surface area contributed by atoms with Crippen LogP contribution in [-0.4, -0.2) is 21.3 Å². The minimum absolute atomic E-state index is 0.0462. The van der Waals surface area contributed by atoms with E-state index in [-0.39, 0.29) is 11.1 Å². The van der Waals surface area contributed by atoms with Crippen LogP contribution in [0, 0.1) is 0 Å². The van der Waals surface area contributed by atoms with Gasteiger partial charge < -0.3 is 5.11 Å². The second-order valence-corrected chi connectivity index (χ2v) is 5.44. The van der Waals surface area contributed by atoms with Crippen LogP contribution in [-0.2, 0) is 5.41 Å². The molecule has 1 aromatic carbocycles. The lowest BCUT2D eigenvalue weighted by atomic mass is 9.86. The molecule has 4 nitrogen and oxygen atoms in total. The summed E-state index contributed by atoms with van der Waals surface area (Å²) in [6, 6.07) is 11.2. The van der Waals surface area contributed by atoms with Crippen molar-refractivity contribution >= 4 is 5.97 Å². The zero-order valence-corrected chi connectivity index (χ0v) is 11.2. The van der Waals surface area contributed by atoms with Crippen molar-refractivity contribution in [3.63, 3.8) is 0 Å². The summed E-state index contributed by atoms with van der Waals surface area (Å²) in [6.45, 7) is 6.47. The van der Waals surface area contributed by atoms with Gasteiger partial charge in [-0.05, 0) is 23.1 Å². The number of nitrogens with zero attached hydrogens (tertiary/aromatic N) is 2. The molecule has 0 unspecified atom stereocenters. The third kappa shape index (κ3) is 2.96. The van der Waals surface area contributed by atoms with E-state index in [0.717, 1.165) is 5.56 Å². The molecule has 0 aliphatic heterocycles. The first-order chi connectivity index (χ1) is 8.88. The van der Waals surface area contributed by atoms with Crippen LogP contribution in [0.4, 0.5) is 0 Å². The molecule has 2 aromatic rings. The van der Waals surface area contributed by atoms with Crippen LogP contribution in [0.2, 0.25) is 0 Å². The van der Waals surface area contributed by atoms with E-state index < -0.39 is 5.97 Å². The average molecular weight is 256 g/mol. The summed E-state index contributed by atoms with van der Waals surface area (Å²) in [5, 5.41) is 16.4. The molecule has 1 N–H and O–H groups in total. The van der Waals surface area contributed by atoms with Gasteiger partial charge in [-0.25, -0.2) is 4.79 Å². The van der Waals surface area contributed by atoms with Gasteiger partial charge in [0.15, 0.2) is 5.69 Å². The first kappa shape index (κ1) is 13.2. The highest BCUT2D eigenvalue weighted by molar-refractivity contribution is 5.85. The fourth-order valence-corrected chi connectivity index (χ4v) is 1.74. The van der Waals surface area contributed by atoms with E-state index in [1.807, 2.05) is 12.1 Å². The Morgan fingerprint density at radius 1 is 1.00 bits per heavy atom. The predicted molar refractivity (Wildman–Crippen MR) is 73.1 cm³/mol. The fraction of sp³-hybridized carbons (Fsp3) is 0.267. The number of aromatic carboxylic acids is 1. The first-order valence-electron chi connectivity index (χ1n) is 6.06. The van der Waals surface area contributed by atoms with Crippen LogP contribution in [0.5, 0.6) is 0 Å². The second kappa shape index (κ2) is 4.80. The molecule has 0 spiro atoms. The number of carboxylic acid groups (broad SMARTS) is 1.